The van der Waals surface area contributed by atoms with Crippen molar-refractivity contribution in [3.8, 4) is 45.3 Å². The van der Waals surface area contributed by atoms with E-state index in [-0.39, 0.29) is 6.61 Å². The van der Waals surface area contributed by atoms with Crippen LogP contribution in [0.5, 0.6) is 11.5 Å². The zero-order valence-corrected chi connectivity index (χ0v) is 27.0. The summed E-state index contributed by atoms with van der Waals surface area (Å²) in [7, 11) is 0. The molecule has 0 fully saturated rings. The molecule has 226 valence electrons. The Morgan fingerprint density at radius 2 is 1.26 bits per heavy atom. The average Bonchev–Trinajstić information content (AvgIpc) is 3.03. The van der Waals surface area contributed by atoms with Gasteiger partial charge in [0, 0.05) is 5.56 Å². The van der Waals surface area contributed by atoms with Crippen LogP contribution in [0.1, 0.15) is 32.6 Å². The Labute approximate surface area is 259 Å². The van der Waals surface area contributed by atoms with Crippen LogP contribution in [0.2, 0.25) is 0 Å². The molecule has 0 bridgehead atoms. The maximum absolute atomic E-state index is 11.8. The van der Waals surface area contributed by atoms with Crippen LogP contribution < -0.4 is 12.9 Å². The number of unbranched alkanes of at least 4 members (excludes halogenated alkanes) is 3. The van der Waals surface area contributed by atoms with Gasteiger partial charge in [0.2, 0.25) is 0 Å². The van der Waals surface area contributed by atoms with E-state index in [9.17, 15) is 9.22 Å². The van der Waals surface area contributed by atoms with E-state index in [1.54, 1.807) is 12.2 Å². The third kappa shape index (κ3) is 12.2. The van der Waals surface area contributed by atoms with Gasteiger partial charge in [0.15, 0.2) is 0 Å². The van der Waals surface area contributed by atoms with Crippen LogP contribution in [-0.2, 0) is 6.03 Å². The molecule has 0 spiro atoms. The number of halogens is 1. The molecule has 0 aliphatic carbocycles. The normalized spacial score (nSPS) is 11.9. The molecule has 43 heavy (non-hydrogen) atoms. The molecule has 0 saturated heterocycles. The van der Waals surface area contributed by atoms with Gasteiger partial charge in [0.1, 0.15) is 24.7 Å². The fraction of sp³-hybridized carbons (Fsp3) is 0.229. The monoisotopic (exact) mass is 694 g/mol. The summed E-state index contributed by atoms with van der Waals surface area (Å²) in [4.78, 5) is 0. The molecule has 0 aliphatic rings. The maximum atomic E-state index is 11.8. The second-order valence-electron chi connectivity index (χ2n) is 9.51. The Bertz CT molecular complexity index is 1380. The Morgan fingerprint density at radius 3 is 1.70 bits per heavy atom. The molecule has 3 aromatic carbocycles. The minimum absolute atomic E-state index is 0.00903. The molecule has 6 nitrogen and oxygen atoms in total. The number of hydrogen-bond donors (Lipinski definition) is 0. The van der Waals surface area contributed by atoms with E-state index in [2.05, 4.69) is 40.4 Å². The standard InChI is InChI=1S/C29H25O3.C6H13O.FH.2O.Sb/c1-3-18-30-26-14-10-23(11-15-26)28-20-25(22-8-6-5-7-9-22)21-29(32-28)24-12-16-27(17-13-24)31-19-4-2;1-2-3-4-5-6-7;;;;/h3-17,20-21H,1-2,18-19H2;2-6H2,1H3;1H;;;/q+1;-1;;;-1;+2/p-1. The van der Waals surface area contributed by atoms with Gasteiger partial charge in [-0.3, -0.25) is 0 Å². The van der Waals surface area contributed by atoms with Crippen molar-refractivity contribution in [2.75, 3.05) is 19.8 Å². The van der Waals surface area contributed by atoms with E-state index in [1.165, 1.54) is 0 Å². The first kappa shape index (κ1) is 33.9. The van der Waals surface area contributed by atoms with Gasteiger partial charge in [-0.05, 0) is 54.1 Å². The third-order valence-electron chi connectivity index (χ3n) is 6.16. The molecule has 8 heteroatoms. The van der Waals surface area contributed by atoms with Crippen LogP contribution in [0.3, 0.4) is 0 Å². The summed E-state index contributed by atoms with van der Waals surface area (Å²) in [6, 6.07) is 30.2. The zero-order valence-electron chi connectivity index (χ0n) is 24.5. The van der Waals surface area contributed by atoms with Crippen LogP contribution in [0.25, 0.3) is 33.8 Å². The molecule has 0 amide bonds. The molecule has 1 aromatic heterocycles. The molecule has 4 rings (SSSR count). The average molecular weight is 695 g/mol. The van der Waals surface area contributed by atoms with E-state index >= 15 is 0 Å². The first-order chi connectivity index (χ1) is 20.8. The number of rotatable bonds is 15. The molecular weight excluding hydrogens is 657 g/mol. The Hall–Kier alpha value is -3.64. The van der Waals surface area contributed by atoms with Crippen molar-refractivity contribution in [3.05, 3.63) is 116 Å². The minimum atomic E-state index is -5.77. The molecule has 1 unspecified atom stereocenters. The van der Waals surface area contributed by atoms with Gasteiger partial charge >= 0.3 is 83.2 Å². The summed E-state index contributed by atoms with van der Waals surface area (Å²) >= 11 is -5.77. The fourth-order valence-electron chi connectivity index (χ4n) is 4.03. The van der Waals surface area contributed by atoms with E-state index in [4.69, 9.17) is 13.9 Å². The van der Waals surface area contributed by atoms with Crippen molar-refractivity contribution in [3.63, 3.8) is 0 Å². The Kier molecular flexibility index (Phi) is 14.3. The number of hydrogen-bond acceptors (Lipinski definition) is 5. The molecule has 0 radical (unpaired) electrons. The Balaban J connectivity index is 0.000000393. The van der Waals surface area contributed by atoms with E-state index < -0.39 is 20.2 Å². The summed E-state index contributed by atoms with van der Waals surface area (Å²) in [5, 5.41) is 0. The summed E-state index contributed by atoms with van der Waals surface area (Å²) in [6.45, 7) is 10.4. The van der Waals surface area contributed by atoms with Gasteiger partial charge in [-0.1, -0.05) is 55.6 Å². The van der Waals surface area contributed by atoms with Gasteiger partial charge in [0.05, 0.1) is 23.3 Å². The van der Waals surface area contributed by atoms with Gasteiger partial charge in [-0.15, -0.1) is 0 Å². The van der Waals surface area contributed by atoms with Crippen molar-refractivity contribution >= 4 is 20.2 Å². The number of benzene rings is 3. The van der Waals surface area contributed by atoms with Crippen LogP contribution in [0.4, 0.5) is 2.81 Å². The molecule has 1 atom stereocenters. The molecular formula is C35H38FO6Sb. The first-order valence-electron chi connectivity index (χ1n) is 14.2. The summed E-state index contributed by atoms with van der Waals surface area (Å²) in [5.41, 5.74) is 4.16. The van der Waals surface area contributed by atoms with Crippen LogP contribution in [-0.4, -0.2) is 40.0 Å². The summed E-state index contributed by atoms with van der Waals surface area (Å²) in [5.74, 6) is 3.15. The second-order valence-corrected chi connectivity index (χ2v) is 12.7. The van der Waals surface area contributed by atoms with Crippen molar-refractivity contribution < 1.29 is 26.1 Å². The fourth-order valence-corrected chi connectivity index (χ4v) is 5.02. The van der Waals surface area contributed by atoms with Crippen LogP contribution in [0.15, 0.2) is 121 Å². The molecule has 0 N–H and O–H groups in total. The van der Waals surface area contributed by atoms with Crippen molar-refractivity contribution in [2.45, 2.75) is 32.6 Å². The number of ether oxygens (including phenoxy) is 2. The van der Waals surface area contributed by atoms with E-state index in [1.807, 2.05) is 73.7 Å². The van der Waals surface area contributed by atoms with Crippen LogP contribution >= 0.6 is 0 Å². The molecule has 0 aliphatic heterocycles. The van der Waals surface area contributed by atoms with Crippen molar-refractivity contribution in [2.24, 2.45) is 0 Å². The van der Waals surface area contributed by atoms with E-state index in [0.717, 1.165) is 64.5 Å². The predicted molar refractivity (Wildman–Crippen MR) is 168 cm³/mol. The van der Waals surface area contributed by atoms with Gasteiger partial charge < -0.3 is 9.47 Å². The Morgan fingerprint density at radius 1 is 0.744 bits per heavy atom. The van der Waals surface area contributed by atoms with Gasteiger partial charge in [-0.25, -0.2) is 4.42 Å². The van der Waals surface area contributed by atoms with Gasteiger partial charge in [-0.2, -0.15) is 0 Å². The quantitative estimate of drug-likeness (QED) is 0.0538. The molecule has 4 aromatic rings. The zero-order chi connectivity index (χ0) is 30.9. The summed E-state index contributed by atoms with van der Waals surface area (Å²) < 4.78 is 53.1. The second kappa shape index (κ2) is 18.1. The summed E-state index contributed by atoms with van der Waals surface area (Å²) in [6.07, 6.45) is 7.08. The molecule has 1 heterocycles. The van der Waals surface area contributed by atoms with Crippen molar-refractivity contribution in [1.82, 2.24) is 0 Å². The SMILES string of the molecule is C=CCOc1ccc(-c2cc(-c3ccccc3)cc(-c3ccc(OCC=C)cc3)[o+]2)cc1.CCCCCC[O][Sb](=[O])([O-])[F]. The van der Waals surface area contributed by atoms with Crippen LogP contribution in [0, 0.1) is 0 Å². The first-order valence-corrected chi connectivity index (χ1v) is 18.3. The van der Waals surface area contributed by atoms with E-state index in [0.29, 0.717) is 19.6 Å². The predicted octanol–water partition coefficient (Wildman–Crippen LogP) is 8.47. The third-order valence-corrected chi connectivity index (χ3v) is 7.56. The topological polar surface area (TPSA) is 79.1 Å². The molecule has 0 saturated carbocycles. The van der Waals surface area contributed by atoms with Crippen molar-refractivity contribution in [1.29, 1.82) is 0 Å². The van der Waals surface area contributed by atoms with Gasteiger partial charge in [0.25, 0.3) is 0 Å².